The van der Waals surface area contributed by atoms with Crippen LogP contribution in [0.25, 0.3) is 0 Å². The Hall–Kier alpha value is -1.16. The Balaban J connectivity index is 2.23. The van der Waals surface area contributed by atoms with Gasteiger partial charge in [-0.05, 0) is 45.7 Å². The molecule has 1 saturated heterocycles. The highest BCUT2D eigenvalue weighted by Crippen LogP contribution is 2.34. The number of hydrogen-bond donors (Lipinski definition) is 1. The molecule has 0 spiro atoms. The first-order chi connectivity index (χ1) is 9.04. The summed E-state index contributed by atoms with van der Waals surface area (Å²) in [6.45, 7) is 9.22. The summed E-state index contributed by atoms with van der Waals surface area (Å²) in [5.41, 5.74) is 1.08. The number of nitrogens with one attached hydrogen (secondary N) is 1. The fourth-order valence-corrected chi connectivity index (χ4v) is 2.75. The standard InChI is InChI=1S/C15H24FN3/c1-4-7-17-10-12-9-13(16)11-18-14(12)19-8-5-6-15(19,2)3/h9,11,17H,4-8,10H2,1-3H3. The number of hydrogen-bond acceptors (Lipinski definition) is 3. The monoisotopic (exact) mass is 265 g/mol. The molecule has 1 N–H and O–H groups in total. The first-order valence-corrected chi connectivity index (χ1v) is 7.17. The van der Waals surface area contributed by atoms with Gasteiger partial charge in [0, 0.05) is 24.2 Å². The van der Waals surface area contributed by atoms with Crippen LogP contribution in [0.3, 0.4) is 0 Å². The summed E-state index contributed by atoms with van der Waals surface area (Å²) in [7, 11) is 0. The van der Waals surface area contributed by atoms with Gasteiger partial charge in [0.15, 0.2) is 0 Å². The van der Waals surface area contributed by atoms with Crippen LogP contribution < -0.4 is 10.2 Å². The SMILES string of the molecule is CCCNCc1cc(F)cnc1N1CCCC1(C)C. The van der Waals surface area contributed by atoms with E-state index in [2.05, 4.69) is 36.0 Å². The minimum Gasteiger partial charge on any atom is -0.351 e. The van der Waals surface area contributed by atoms with Gasteiger partial charge in [0.1, 0.15) is 11.6 Å². The summed E-state index contributed by atoms with van der Waals surface area (Å²) in [4.78, 5) is 6.66. The topological polar surface area (TPSA) is 28.2 Å². The van der Waals surface area contributed by atoms with E-state index >= 15 is 0 Å². The summed E-state index contributed by atoms with van der Waals surface area (Å²) < 4.78 is 13.4. The summed E-state index contributed by atoms with van der Waals surface area (Å²) in [6.07, 6.45) is 4.74. The van der Waals surface area contributed by atoms with Crippen LogP contribution in [0, 0.1) is 5.82 Å². The van der Waals surface area contributed by atoms with Gasteiger partial charge in [0.05, 0.1) is 6.20 Å². The summed E-state index contributed by atoms with van der Waals surface area (Å²) >= 11 is 0. The van der Waals surface area contributed by atoms with Gasteiger partial charge in [-0.3, -0.25) is 0 Å². The van der Waals surface area contributed by atoms with Gasteiger partial charge in [-0.25, -0.2) is 9.37 Å². The first-order valence-electron chi connectivity index (χ1n) is 7.17. The second-order valence-electron chi connectivity index (χ2n) is 5.88. The van der Waals surface area contributed by atoms with Crippen molar-refractivity contribution in [1.82, 2.24) is 10.3 Å². The lowest BCUT2D eigenvalue weighted by Gasteiger charge is -2.34. The van der Waals surface area contributed by atoms with Crippen LogP contribution in [0.5, 0.6) is 0 Å². The predicted molar refractivity (Wildman–Crippen MR) is 76.9 cm³/mol. The van der Waals surface area contributed by atoms with Crippen molar-refractivity contribution in [2.24, 2.45) is 0 Å². The summed E-state index contributed by atoms with van der Waals surface area (Å²) in [6, 6.07) is 1.61. The van der Waals surface area contributed by atoms with E-state index in [1.54, 1.807) is 6.07 Å². The van der Waals surface area contributed by atoms with Gasteiger partial charge in [-0.2, -0.15) is 0 Å². The Morgan fingerprint density at radius 1 is 1.47 bits per heavy atom. The zero-order chi connectivity index (χ0) is 13.9. The highest BCUT2D eigenvalue weighted by Gasteiger charge is 2.33. The zero-order valence-electron chi connectivity index (χ0n) is 12.2. The van der Waals surface area contributed by atoms with E-state index in [1.165, 1.54) is 12.6 Å². The number of nitrogens with zero attached hydrogens (tertiary/aromatic N) is 2. The Morgan fingerprint density at radius 2 is 2.26 bits per heavy atom. The van der Waals surface area contributed by atoms with E-state index in [-0.39, 0.29) is 11.4 Å². The molecule has 0 aromatic carbocycles. The summed E-state index contributed by atoms with van der Waals surface area (Å²) in [5.74, 6) is 0.682. The molecule has 19 heavy (non-hydrogen) atoms. The van der Waals surface area contributed by atoms with Crippen LogP contribution in [0.4, 0.5) is 10.2 Å². The molecule has 0 aliphatic carbocycles. The molecule has 3 nitrogen and oxygen atoms in total. The third kappa shape index (κ3) is 3.24. The van der Waals surface area contributed by atoms with E-state index in [0.29, 0.717) is 6.54 Å². The van der Waals surface area contributed by atoms with Crippen molar-refractivity contribution in [1.29, 1.82) is 0 Å². The second kappa shape index (κ2) is 5.87. The normalized spacial score (nSPS) is 18.0. The molecular weight excluding hydrogens is 241 g/mol. The van der Waals surface area contributed by atoms with Crippen molar-refractivity contribution in [3.63, 3.8) is 0 Å². The highest BCUT2D eigenvalue weighted by molar-refractivity contribution is 5.50. The van der Waals surface area contributed by atoms with Gasteiger partial charge >= 0.3 is 0 Å². The number of aromatic nitrogens is 1. The van der Waals surface area contributed by atoms with E-state index in [0.717, 1.165) is 37.3 Å². The van der Waals surface area contributed by atoms with E-state index < -0.39 is 0 Å². The molecule has 0 unspecified atom stereocenters. The Labute approximate surface area is 115 Å². The van der Waals surface area contributed by atoms with Gasteiger partial charge in [-0.15, -0.1) is 0 Å². The number of anilines is 1. The Kier molecular flexibility index (Phi) is 4.40. The molecule has 1 aliphatic rings. The van der Waals surface area contributed by atoms with Gasteiger partial charge in [-0.1, -0.05) is 6.92 Å². The summed E-state index contributed by atoms with van der Waals surface area (Å²) in [5, 5.41) is 3.34. The molecule has 106 valence electrons. The molecule has 0 atom stereocenters. The lowest BCUT2D eigenvalue weighted by molar-refractivity contribution is 0.510. The van der Waals surface area contributed by atoms with Crippen molar-refractivity contribution in [3.05, 3.63) is 23.6 Å². The molecule has 2 heterocycles. The predicted octanol–water partition coefficient (Wildman–Crippen LogP) is 3.10. The molecule has 1 fully saturated rings. The molecule has 1 aliphatic heterocycles. The minimum absolute atomic E-state index is 0.115. The highest BCUT2D eigenvalue weighted by atomic mass is 19.1. The second-order valence-corrected chi connectivity index (χ2v) is 5.88. The third-order valence-electron chi connectivity index (χ3n) is 3.81. The Morgan fingerprint density at radius 3 is 2.89 bits per heavy atom. The first kappa shape index (κ1) is 14.3. The number of rotatable bonds is 5. The largest absolute Gasteiger partial charge is 0.351 e. The van der Waals surface area contributed by atoms with Crippen molar-refractivity contribution >= 4 is 5.82 Å². The lowest BCUT2D eigenvalue weighted by atomic mass is 10.0. The minimum atomic E-state index is -0.256. The molecule has 0 radical (unpaired) electrons. The van der Waals surface area contributed by atoms with Crippen LogP contribution in [0.2, 0.25) is 0 Å². The molecule has 0 bridgehead atoms. The van der Waals surface area contributed by atoms with Gasteiger partial charge in [0.25, 0.3) is 0 Å². The fraction of sp³-hybridized carbons (Fsp3) is 0.667. The molecular formula is C15H24FN3. The molecule has 1 aromatic heterocycles. The zero-order valence-corrected chi connectivity index (χ0v) is 12.2. The molecule has 1 aromatic rings. The molecule has 0 saturated carbocycles. The lowest BCUT2D eigenvalue weighted by Crippen LogP contribution is -2.39. The Bertz CT molecular complexity index is 431. The molecule has 2 rings (SSSR count). The number of halogens is 1. The van der Waals surface area contributed by atoms with E-state index in [1.807, 2.05) is 0 Å². The van der Waals surface area contributed by atoms with Crippen LogP contribution in [-0.4, -0.2) is 23.6 Å². The maximum atomic E-state index is 13.4. The van der Waals surface area contributed by atoms with Crippen molar-refractivity contribution in [3.8, 4) is 0 Å². The maximum absolute atomic E-state index is 13.4. The maximum Gasteiger partial charge on any atom is 0.141 e. The van der Waals surface area contributed by atoms with Crippen LogP contribution in [0.1, 0.15) is 45.6 Å². The third-order valence-corrected chi connectivity index (χ3v) is 3.81. The molecule has 0 amide bonds. The van der Waals surface area contributed by atoms with Gasteiger partial charge in [0.2, 0.25) is 0 Å². The van der Waals surface area contributed by atoms with Crippen molar-refractivity contribution < 1.29 is 4.39 Å². The average molecular weight is 265 g/mol. The molecule has 4 heteroatoms. The van der Waals surface area contributed by atoms with E-state index in [4.69, 9.17) is 0 Å². The van der Waals surface area contributed by atoms with Crippen molar-refractivity contribution in [2.75, 3.05) is 18.0 Å². The van der Waals surface area contributed by atoms with Crippen molar-refractivity contribution in [2.45, 2.75) is 52.1 Å². The van der Waals surface area contributed by atoms with E-state index in [9.17, 15) is 4.39 Å². The average Bonchev–Trinajstić information content (AvgIpc) is 2.70. The van der Waals surface area contributed by atoms with Crippen LogP contribution in [-0.2, 0) is 6.54 Å². The van der Waals surface area contributed by atoms with Gasteiger partial charge < -0.3 is 10.2 Å². The smallest absolute Gasteiger partial charge is 0.141 e. The quantitative estimate of drug-likeness (QED) is 0.829. The number of pyridine rings is 1. The van der Waals surface area contributed by atoms with Crippen LogP contribution >= 0.6 is 0 Å². The fourth-order valence-electron chi connectivity index (χ4n) is 2.75. The van der Waals surface area contributed by atoms with Crippen LogP contribution in [0.15, 0.2) is 12.3 Å².